The number of rotatable bonds is 6. The maximum absolute atomic E-state index is 13.1. The Labute approximate surface area is 195 Å². The van der Waals surface area contributed by atoms with E-state index < -0.39 is 27.9 Å². The predicted octanol–water partition coefficient (Wildman–Crippen LogP) is 2.58. The van der Waals surface area contributed by atoms with Gasteiger partial charge in [0.15, 0.2) is 0 Å². The number of sulfonamides is 1. The Morgan fingerprint density at radius 3 is 2.73 bits per heavy atom. The second-order valence-electron chi connectivity index (χ2n) is 7.58. The van der Waals surface area contributed by atoms with Crippen molar-refractivity contribution in [2.45, 2.75) is 30.1 Å². The molecule has 9 nitrogen and oxygen atoms in total. The summed E-state index contributed by atoms with van der Waals surface area (Å²) in [5.41, 5.74) is 1.63. The second kappa shape index (κ2) is 9.38. The SMILES string of the molecule is Cc1ccc(C(O)CNC(=O)C(=O)Nc2ccc3c(c2)N(S(=O)(=O)c2cccs2)CCC3)o1. The lowest BCUT2D eigenvalue weighted by atomic mass is 10.0. The maximum Gasteiger partial charge on any atom is 0.313 e. The zero-order chi connectivity index (χ0) is 23.6. The number of benzene rings is 1. The first-order valence-corrected chi connectivity index (χ1v) is 12.6. The van der Waals surface area contributed by atoms with Crippen molar-refractivity contribution in [3.05, 3.63) is 64.9 Å². The minimum atomic E-state index is -3.71. The first-order chi connectivity index (χ1) is 15.8. The summed E-state index contributed by atoms with van der Waals surface area (Å²) >= 11 is 1.14. The fourth-order valence-electron chi connectivity index (χ4n) is 3.58. The third-order valence-corrected chi connectivity index (χ3v) is 8.40. The number of nitrogens with one attached hydrogen (secondary N) is 2. The summed E-state index contributed by atoms with van der Waals surface area (Å²) < 4.78 is 33.0. The number of fused-ring (bicyclic) bond motifs is 1. The van der Waals surface area contributed by atoms with Gasteiger partial charge in [-0.1, -0.05) is 12.1 Å². The van der Waals surface area contributed by atoms with Crippen molar-refractivity contribution in [1.29, 1.82) is 0 Å². The lowest BCUT2D eigenvalue weighted by molar-refractivity contribution is -0.136. The van der Waals surface area contributed by atoms with Gasteiger partial charge in [0.25, 0.3) is 10.0 Å². The van der Waals surface area contributed by atoms with Crippen LogP contribution in [0.25, 0.3) is 0 Å². The summed E-state index contributed by atoms with van der Waals surface area (Å²) in [6.07, 6.45) is 0.309. The molecule has 0 saturated carbocycles. The average Bonchev–Trinajstić information content (AvgIpc) is 3.49. The van der Waals surface area contributed by atoms with Gasteiger partial charge in [-0.3, -0.25) is 13.9 Å². The molecule has 1 aromatic carbocycles. The predicted molar refractivity (Wildman–Crippen MR) is 124 cm³/mol. The van der Waals surface area contributed by atoms with Crippen LogP contribution in [0, 0.1) is 6.92 Å². The number of aryl methyl sites for hydroxylation is 2. The quantitative estimate of drug-likeness (QED) is 0.457. The van der Waals surface area contributed by atoms with Crippen molar-refractivity contribution in [1.82, 2.24) is 5.32 Å². The minimum absolute atomic E-state index is 0.198. The number of aliphatic hydroxyl groups excluding tert-OH is 1. The van der Waals surface area contributed by atoms with E-state index in [2.05, 4.69) is 10.6 Å². The number of anilines is 2. The zero-order valence-electron chi connectivity index (χ0n) is 17.8. The van der Waals surface area contributed by atoms with E-state index >= 15 is 0 Å². The van der Waals surface area contributed by atoms with Crippen molar-refractivity contribution < 1.29 is 27.5 Å². The normalized spacial score (nSPS) is 14.4. The molecule has 0 spiro atoms. The van der Waals surface area contributed by atoms with Crippen LogP contribution in [0.15, 0.2) is 56.5 Å². The van der Waals surface area contributed by atoms with Gasteiger partial charge < -0.3 is 20.2 Å². The minimum Gasteiger partial charge on any atom is -0.464 e. The third kappa shape index (κ3) is 4.95. The highest BCUT2D eigenvalue weighted by molar-refractivity contribution is 7.94. The summed E-state index contributed by atoms with van der Waals surface area (Å²) in [6, 6.07) is 11.5. The molecule has 11 heteroatoms. The first-order valence-electron chi connectivity index (χ1n) is 10.3. The van der Waals surface area contributed by atoms with E-state index in [0.717, 1.165) is 16.9 Å². The summed E-state index contributed by atoms with van der Waals surface area (Å²) in [6.45, 7) is 1.86. The summed E-state index contributed by atoms with van der Waals surface area (Å²) in [5, 5.41) is 16.6. The highest BCUT2D eigenvalue weighted by Crippen LogP contribution is 2.35. The Morgan fingerprint density at radius 1 is 1.21 bits per heavy atom. The highest BCUT2D eigenvalue weighted by Gasteiger charge is 2.30. The van der Waals surface area contributed by atoms with E-state index in [1.54, 1.807) is 54.8 Å². The molecule has 2 amide bonds. The monoisotopic (exact) mass is 489 g/mol. The van der Waals surface area contributed by atoms with E-state index in [0.29, 0.717) is 36.5 Å². The number of hydrogen-bond acceptors (Lipinski definition) is 7. The average molecular weight is 490 g/mol. The Kier molecular flexibility index (Phi) is 6.54. The van der Waals surface area contributed by atoms with Gasteiger partial charge in [0, 0.05) is 12.2 Å². The van der Waals surface area contributed by atoms with Crippen LogP contribution in [0.5, 0.6) is 0 Å². The van der Waals surface area contributed by atoms with Crippen LogP contribution in [0.4, 0.5) is 11.4 Å². The van der Waals surface area contributed by atoms with Gasteiger partial charge in [-0.15, -0.1) is 11.3 Å². The fraction of sp³-hybridized carbons (Fsp3) is 0.273. The van der Waals surface area contributed by atoms with E-state index in [1.807, 2.05) is 0 Å². The number of amides is 2. The largest absolute Gasteiger partial charge is 0.464 e. The van der Waals surface area contributed by atoms with Gasteiger partial charge in [-0.25, -0.2) is 8.42 Å². The molecule has 2 aromatic heterocycles. The Bertz CT molecular complexity index is 1270. The van der Waals surface area contributed by atoms with E-state index in [9.17, 15) is 23.1 Å². The molecule has 33 heavy (non-hydrogen) atoms. The molecule has 3 N–H and O–H groups in total. The van der Waals surface area contributed by atoms with Crippen LogP contribution in [0.3, 0.4) is 0 Å². The van der Waals surface area contributed by atoms with Crippen molar-refractivity contribution in [2.75, 3.05) is 22.7 Å². The number of furan rings is 1. The van der Waals surface area contributed by atoms with Gasteiger partial charge in [0.1, 0.15) is 21.8 Å². The molecule has 0 bridgehead atoms. The molecular formula is C22H23N3O6S2. The van der Waals surface area contributed by atoms with Crippen LogP contribution < -0.4 is 14.9 Å². The molecule has 4 rings (SSSR count). The Hall–Kier alpha value is -3.15. The Balaban J connectivity index is 1.45. The first kappa shape index (κ1) is 23.0. The van der Waals surface area contributed by atoms with Gasteiger partial charge in [0.05, 0.1) is 12.2 Å². The number of hydrogen-bond donors (Lipinski definition) is 3. The number of aliphatic hydroxyl groups is 1. The van der Waals surface area contributed by atoms with Crippen LogP contribution in [-0.4, -0.2) is 38.4 Å². The molecule has 3 heterocycles. The smallest absolute Gasteiger partial charge is 0.313 e. The highest BCUT2D eigenvalue weighted by atomic mass is 32.2. The van der Waals surface area contributed by atoms with Crippen molar-refractivity contribution in [3.8, 4) is 0 Å². The molecule has 1 atom stereocenters. The molecule has 0 aliphatic carbocycles. The third-order valence-electron chi connectivity index (χ3n) is 5.21. The molecule has 3 aromatic rings. The van der Waals surface area contributed by atoms with E-state index in [4.69, 9.17) is 4.42 Å². The molecule has 0 radical (unpaired) electrons. The van der Waals surface area contributed by atoms with Crippen LogP contribution in [0.1, 0.15) is 29.6 Å². The zero-order valence-corrected chi connectivity index (χ0v) is 19.4. The van der Waals surface area contributed by atoms with E-state index in [-0.39, 0.29) is 16.5 Å². The molecule has 1 unspecified atom stereocenters. The lowest BCUT2D eigenvalue weighted by Gasteiger charge is -2.30. The number of nitrogens with zero attached hydrogens (tertiary/aromatic N) is 1. The van der Waals surface area contributed by atoms with Crippen molar-refractivity contribution in [3.63, 3.8) is 0 Å². The van der Waals surface area contributed by atoms with Crippen molar-refractivity contribution in [2.24, 2.45) is 0 Å². The van der Waals surface area contributed by atoms with E-state index in [1.165, 1.54) is 4.31 Å². The Morgan fingerprint density at radius 2 is 2.03 bits per heavy atom. The van der Waals surface area contributed by atoms with Gasteiger partial charge >= 0.3 is 11.8 Å². The van der Waals surface area contributed by atoms with Crippen LogP contribution in [0.2, 0.25) is 0 Å². The van der Waals surface area contributed by atoms with Gasteiger partial charge in [0.2, 0.25) is 0 Å². The van der Waals surface area contributed by atoms with Gasteiger partial charge in [-0.2, -0.15) is 0 Å². The molecule has 1 aliphatic rings. The fourth-order valence-corrected chi connectivity index (χ4v) is 6.22. The molecular weight excluding hydrogens is 466 g/mol. The summed E-state index contributed by atoms with van der Waals surface area (Å²) in [7, 11) is -3.71. The molecule has 0 fully saturated rings. The summed E-state index contributed by atoms with van der Waals surface area (Å²) in [5.74, 6) is -0.954. The van der Waals surface area contributed by atoms with Crippen LogP contribution in [-0.2, 0) is 26.0 Å². The molecule has 174 valence electrons. The van der Waals surface area contributed by atoms with Crippen LogP contribution >= 0.6 is 11.3 Å². The second-order valence-corrected chi connectivity index (χ2v) is 10.6. The summed E-state index contributed by atoms with van der Waals surface area (Å²) in [4.78, 5) is 24.5. The number of thiophene rings is 1. The topological polar surface area (TPSA) is 129 Å². The van der Waals surface area contributed by atoms with Crippen molar-refractivity contribution >= 4 is 44.5 Å². The number of carbonyl (C=O) groups excluding carboxylic acids is 2. The standard InChI is InChI=1S/C22H23N3O6S2/c1-14-6-9-19(31-14)18(26)13-23-21(27)22(28)24-16-8-7-15-4-2-10-25(17(15)12-16)33(29,30)20-5-3-11-32-20/h3,5-9,11-12,18,26H,2,4,10,13H2,1H3,(H,23,27)(H,24,28). The maximum atomic E-state index is 13.1. The lowest BCUT2D eigenvalue weighted by Crippen LogP contribution is -2.38. The molecule has 0 saturated heterocycles. The number of carbonyl (C=O) groups is 2. The molecule has 1 aliphatic heterocycles. The van der Waals surface area contributed by atoms with Gasteiger partial charge in [-0.05, 0) is 61.0 Å².